The Bertz CT molecular complexity index is 998. The highest BCUT2D eigenvalue weighted by molar-refractivity contribution is 5.93. The third-order valence-electron chi connectivity index (χ3n) is 5.42. The summed E-state index contributed by atoms with van der Waals surface area (Å²) < 4.78 is 16.8. The summed E-state index contributed by atoms with van der Waals surface area (Å²) in [6, 6.07) is 6.25. The summed E-state index contributed by atoms with van der Waals surface area (Å²) in [7, 11) is 0. The molecular formula is C25H33NO6. The highest BCUT2D eigenvalue weighted by Crippen LogP contribution is 2.26. The Balaban J connectivity index is 1.64. The molecule has 1 amide bonds. The van der Waals surface area contributed by atoms with Gasteiger partial charge in [0.15, 0.2) is 22.5 Å². The van der Waals surface area contributed by atoms with Crippen molar-refractivity contribution in [2.24, 2.45) is 5.92 Å². The van der Waals surface area contributed by atoms with Gasteiger partial charge in [0.2, 0.25) is 0 Å². The first-order chi connectivity index (χ1) is 15.2. The molecule has 1 aromatic heterocycles. The quantitative estimate of drug-likeness (QED) is 0.473. The Kier molecular flexibility index (Phi) is 7.94. The lowest BCUT2D eigenvalue weighted by atomic mass is 9.89. The van der Waals surface area contributed by atoms with Crippen LogP contribution in [0.25, 0.3) is 11.0 Å². The van der Waals surface area contributed by atoms with Crippen molar-refractivity contribution < 1.29 is 23.5 Å². The first-order valence-corrected chi connectivity index (χ1v) is 11.4. The number of benzene rings is 1. The zero-order valence-electron chi connectivity index (χ0n) is 19.2. The smallest absolute Gasteiger partial charge is 0.306 e. The summed E-state index contributed by atoms with van der Waals surface area (Å²) >= 11 is 0. The van der Waals surface area contributed by atoms with Crippen LogP contribution in [0, 0.1) is 5.92 Å². The molecule has 1 N–H and O–H groups in total. The first kappa shape index (κ1) is 23.8. The van der Waals surface area contributed by atoms with Gasteiger partial charge in [-0.15, -0.1) is 0 Å². The molecule has 1 heterocycles. The molecule has 0 saturated heterocycles. The molecule has 32 heavy (non-hydrogen) atoms. The van der Waals surface area contributed by atoms with E-state index in [-0.39, 0.29) is 35.8 Å². The Labute approximate surface area is 188 Å². The van der Waals surface area contributed by atoms with Gasteiger partial charge < -0.3 is 19.2 Å². The second-order valence-corrected chi connectivity index (χ2v) is 9.36. The van der Waals surface area contributed by atoms with Crippen LogP contribution in [0.1, 0.15) is 76.3 Å². The summed E-state index contributed by atoms with van der Waals surface area (Å²) in [6.45, 7) is 6.30. The summed E-state index contributed by atoms with van der Waals surface area (Å²) in [5.74, 6) is 0.134. The van der Waals surface area contributed by atoms with E-state index in [2.05, 4.69) is 5.32 Å². The molecule has 1 saturated carbocycles. The van der Waals surface area contributed by atoms with Crippen molar-refractivity contribution in [3.05, 3.63) is 40.2 Å². The zero-order chi connectivity index (χ0) is 23.1. The van der Waals surface area contributed by atoms with Crippen LogP contribution in [0.2, 0.25) is 0 Å². The van der Waals surface area contributed by atoms with Crippen LogP contribution in [0.5, 0.6) is 5.75 Å². The second kappa shape index (κ2) is 10.7. The summed E-state index contributed by atoms with van der Waals surface area (Å²) in [6.07, 6.45) is 6.55. The Morgan fingerprint density at radius 3 is 2.62 bits per heavy atom. The van der Waals surface area contributed by atoms with Crippen LogP contribution in [-0.4, -0.2) is 30.6 Å². The van der Waals surface area contributed by atoms with E-state index in [0.29, 0.717) is 30.0 Å². The van der Waals surface area contributed by atoms with E-state index in [1.165, 1.54) is 25.3 Å². The van der Waals surface area contributed by atoms with Crippen LogP contribution in [0.3, 0.4) is 0 Å². The maximum absolute atomic E-state index is 12.6. The fourth-order valence-corrected chi connectivity index (χ4v) is 3.88. The lowest BCUT2D eigenvalue weighted by Crippen LogP contribution is -2.30. The molecule has 7 heteroatoms. The summed E-state index contributed by atoms with van der Waals surface area (Å²) in [5, 5.41) is 3.25. The van der Waals surface area contributed by atoms with Crippen molar-refractivity contribution in [2.45, 2.75) is 71.3 Å². The Morgan fingerprint density at radius 1 is 1.16 bits per heavy atom. The first-order valence-electron chi connectivity index (χ1n) is 11.4. The van der Waals surface area contributed by atoms with Gasteiger partial charge in [-0.05, 0) is 58.1 Å². The molecule has 0 atom stereocenters. The number of amides is 1. The molecule has 0 unspecified atom stereocenters. The number of fused-ring (bicyclic) bond motifs is 1. The lowest BCUT2D eigenvalue weighted by Gasteiger charge is -2.21. The van der Waals surface area contributed by atoms with Crippen molar-refractivity contribution >= 4 is 22.8 Å². The minimum absolute atomic E-state index is 0.0249. The van der Waals surface area contributed by atoms with Gasteiger partial charge >= 0.3 is 5.97 Å². The van der Waals surface area contributed by atoms with Gasteiger partial charge in [-0.25, -0.2) is 0 Å². The van der Waals surface area contributed by atoms with Gasteiger partial charge in [-0.2, -0.15) is 0 Å². The van der Waals surface area contributed by atoms with Gasteiger partial charge in [0, 0.05) is 19.0 Å². The topological polar surface area (TPSA) is 94.8 Å². The number of carbonyl (C=O) groups excluding carboxylic acids is 2. The predicted octanol–water partition coefficient (Wildman–Crippen LogP) is 4.60. The SMILES string of the molecule is CC(C)(C)OC(=O)CCCOc1cccc2c(=O)cc(C(=O)NCC3CCCCC3)oc12. The Morgan fingerprint density at radius 2 is 1.91 bits per heavy atom. The minimum Gasteiger partial charge on any atom is -0.490 e. The maximum atomic E-state index is 12.6. The summed E-state index contributed by atoms with van der Waals surface area (Å²) in [5.41, 5.74) is -0.585. The molecule has 174 valence electrons. The van der Waals surface area contributed by atoms with Crippen LogP contribution >= 0.6 is 0 Å². The molecular weight excluding hydrogens is 410 g/mol. The molecule has 1 fully saturated rings. The largest absolute Gasteiger partial charge is 0.490 e. The third kappa shape index (κ3) is 6.84. The van der Waals surface area contributed by atoms with Crippen molar-refractivity contribution in [3.8, 4) is 5.75 Å². The molecule has 1 aromatic carbocycles. The molecule has 1 aliphatic rings. The standard InChI is InChI=1S/C25H33NO6/c1-25(2,3)32-22(28)13-8-14-30-20-12-7-11-18-19(27)15-21(31-23(18)20)24(29)26-16-17-9-5-4-6-10-17/h7,11-12,15,17H,4-6,8-10,13-14,16H2,1-3H3,(H,26,29). The number of hydrogen-bond donors (Lipinski definition) is 1. The van der Waals surface area contributed by atoms with Gasteiger partial charge in [0.1, 0.15) is 5.60 Å². The predicted molar refractivity (Wildman–Crippen MR) is 122 cm³/mol. The van der Waals surface area contributed by atoms with Gasteiger partial charge in [0.05, 0.1) is 12.0 Å². The lowest BCUT2D eigenvalue weighted by molar-refractivity contribution is -0.155. The van der Waals surface area contributed by atoms with Gasteiger partial charge in [0.25, 0.3) is 5.91 Å². The average Bonchev–Trinajstić information content (AvgIpc) is 2.74. The second-order valence-electron chi connectivity index (χ2n) is 9.36. The molecule has 7 nitrogen and oxygen atoms in total. The van der Waals surface area contributed by atoms with E-state index < -0.39 is 11.5 Å². The number of nitrogens with one attached hydrogen (secondary N) is 1. The molecule has 0 spiro atoms. The van der Waals surface area contributed by atoms with Crippen molar-refractivity contribution in [2.75, 3.05) is 13.2 Å². The minimum atomic E-state index is -0.523. The van der Waals surface area contributed by atoms with Crippen LogP contribution in [-0.2, 0) is 9.53 Å². The van der Waals surface area contributed by atoms with Crippen LogP contribution < -0.4 is 15.5 Å². The molecule has 2 aromatic rings. The van der Waals surface area contributed by atoms with Crippen molar-refractivity contribution in [1.29, 1.82) is 0 Å². The summed E-state index contributed by atoms with van der Waals surface area (Å²) in [4.78, 5) is 37.0. The normalized spacial score (nSPS) is 14.8. The van der Waals surface area contributed by atoms with E-state index in [0.717, 1.165) is 12.8 Å². The molecule has 0 bridgehead atoms. The molecule has 0 aliphatic heterocycles. The fourth-order valence-electron chi connectivity index (χ4n) is 3.88. The van der Waals surface area contributed by atoms with Crippen LogP contribution in [0.4, 0.5) is 0 Å². The van der Waals surface area contributed by atoms with E-state index >= 15 is 0 Å². The van der Waals surface area contributed by atoms with Crippen molar-refractivity contribution in [3.63, 3.8) is 0 Å². The molecule has 1 aliphatic carbocycles. The van der Waals surface area contributed by atoms with Gasteiger partial charge in [-0.3, -0.25) is 14.4 Å². The third-order valence-corrected chi connectivity index (χ3v) is 5.42. The number of hydrogen-bond acceptors (Lipinski definition) is 6. The van der Waals surface area contributed by atoms with E-state index in [1.54, 1.807) is 18.2 Å². The van der Waals surface area contributed by atoms with Gasteiger partial charge in [-0.1, -0.05) is 25.3 Å². The maximum Gasteiger partial charge on any atom is 0.306 e. The monoisotopic (exact) mass is 443 g/mol. The van der Waals surface area contributed by atoms with Crippen molar-refractivity contribution in [1.82, 2.24) is 5.32 Å². The van der Waals surface area contributed by atoms with E-state index in [4.69, 9.17) is 13.9 Å². The number of carbonyl (C=O) groups is 2. The number of esters is 1. The van der Waals surface area contributed by atoms with E-state index in [1.807, 2.05) is 20.8 Å². The molecule has 0 radical (unpaired) electrons. The zero-order valence-corrected chi connectivity index (χ0v) is 19.2. The highest BCUT2D eigenvalue weighted by Gasteiger charge is 2.19. The number of rotatable bonds is 8. The number of para-hydroxylation sites is 1. The molecule has 3 rings (SSSR count). The highest BCUT2D eigenvalue weighted by atomic mass is 16.6. The number of ether oxygens (including phenoxy) is 2. The Hall–Kier alpha value is -2.83. The van der Waals surface area contributed by atoms with E-state index in [9.17, 15) is 14.4 Å². The average molecular weight is 444 g/mol. The van der Waals surface area contributed by atoms with Crippen LogP contribution in [0.15, 0.2) is 33.5 Å². The fraction of sp³-hybridized carbons (Fsp3) is 0.560.